The molecule has 33 heavy (non-hydrogen) atoms. The molecule has 1 unspecified atom stereocenters. The Bertz CT molecular complexity index is 956. The maximum absolute atomic E-state index is 12.8. The van der Waals surface area contributed by atoms with Crippen molar-refractivity contribution in [1.82, 2.24) is 24.6 Å². The molecule has 1 atom stereocenters. The molecule has 3 rings (SSSR count). The molecule has 8 nitrogen and oxygen atoms in total. The minimum atomic E-state index is -2.52. The molecule has 2 aromatic heterocycles. The highest BCUT2D eigenvalue weighted by atomic mass is 19.3. The summed E-state index contributed by atoms with van der Waals surface area (Å²) in [4.78, 5) is 25.4. The molecule has 0 N–H and O–H groups in total. The minimum Gasteiger partial charge on any atom is -0.443 e. The third-order valence-electron chi connectivity index (χ3n) is 5.66. The van der Waals surface area contributed by atoms with Crippen molar-refractivity contribution in [1.29, 1.82) is 0 Å². The Morgan fingerprint density at radius 2 is 2.00 bits per heavy atom. The molecule has 1 fully saturated rings. The molecule has 2 aromatic rings. The highest BCUT2D eigenvalue weighted by Crippen LogP contribution is 2.30. The second-order valence-electron chi connectivity index (χ2n) is 10.9. The smallest absolute Gasteiger partial charge is 0.410 e. The first-order valence-corrected chi connectivity index (χ1v) is 11.5. The van der Waals surface area contributed by atoms with Crippen molar-refractivity contribution in [3.8, 4) is 0 Å². The van der Waals surface area contributed by atoms with Crippen LogP contribution in [0, 0.1) is 11.3 Å². The van der Waals surface area contributed by atoms with Gasteiger partial charge in [-0.15, -0.1) is 0 Å². The van der Waals surface area contributed by atoms with Gasteiger partial charge in [-0.25, -0.2) is 28.2 Å². The van der Waals surface area contributed by atoms with Crippen molar-refractivity contribution < 1.29 is 18.3 Å². The van der Waals surface area contributed by atoms with Gasteiger partial charge in [0.05, 0.1) is 12.4 Å². The third kappa shape index (κ3) is 6.98. The topological polar surface area (TPSA) is 76.4 Å². The number of anilines is 1. The Morgan fingerprint density at radius 1 is 1.27 bits per heavy atom. The van der Waals surface area contributed by atoms with Gasteiger partial charge in [0.1, 0.15) is 23.5 Å². The number of aromatic nitrogens is 4. The summed E-state index contributed by atoms with van der Waals surface area (Å²) in [5.74, 6) is 0.829. The highest BCUT2D eigenvalue weighted by Gasteiger charge is 2.33. The number of alkyl halides is 2. The summed E-state index contributed by atoms with van der Waals surface area (Å²) in [6, 6.07) is 0. The van der Waals surface area contributed by atoms with Crippen molar-refractivity contribution in [2.24, 2.45) is 11.3 Å². The summed E-state index contributed by atoms with van der Waals surface area (Å²) in [5, 5.41) is 3.97. The lowest BCUT2D eigenvalue weighted by Gasteiger charge is -2.38. The molecule has 0 spiro atoms. The number of carbonyl (C=O) groups is 1. The number of nitrogens with zero attached hydrogens (tertiary/aromatic N) is 6. The van der Waals surface area contributed by atoms with Crippen LogP contribution in [0.1, 0.15) is 53.9 Å². The Labute approximate surface area is 194 Å². The number of piperidine rings is 1. The number of fused-ring (bicyclic) bond motifs is 1. The number of halogens is 2. The first-order valence-electron chi connectivity index (χ1n) is 11.5. The van der Waals surface area contributed by atoms with Crippen LogP contribution < -0.4 is 4.90 Å². The number of ether oxygens (including phenoxy) is 1. The van der Waals surface area contributed by atoms with Gasteiger partial charge in [-0.2, -0.15) is 5.10 Å². The Morgan fingerprint density at radius 3 is 2.67 bits per heavy atom. The van der Waals surface area contributed by atoms with Crippen molar-refractivity contribution in [2.45, 2.75) is 72.5 Å². The molecule has 0 saturated carbocycles. The first-order chi connectivity index (χ1) is 15.3. The quantitative estimate of drug-likeness (QED) is 0.594. The van der Waals surface area contributed by atoms with Gasteiger partial charge in [0.15, 0.2) is 5.65 Å². The third-order valence-corrected chi connectivity index (χ3v) is 5.66. The van der Waals surface area contributed by atoms with Crippen molar-refractivity contribution in [3.63, 3.8) is 0 Å². The van der Waals surface area contributed by atoms with Crippen LogP contribution in [0.3, 0.4) is 0 Å². The van der Waals surface area contributed by atoms with Crippen molar-refractivity contribution in [3.05, 3.63) is 12.4 Å². The van der Waals surface area contributed by atoms with Gasteiger partial charge in [0, 0.05) is 26.7 Å². The maximum Gasteiger partial charge on any atom is 0.410 e. The zero-order chi connectivity index (χ0) is 24.4. The normalized spacial score (nSPS) is 17.6. The van der Waals surface area contributed by atoms with E-state index in [-0.39, 0.29) is 17.4 Å². The van der Waals surface area contributed by atoms with Crippen LogP contribution >= 0.6 is 0 Å². The van der Waals surface area contributed by atoms with E-state index in [4.69, 9.17) is 4.74 Å². The molecule has 1 saturated heterocycles. The lowest BCUT2D eigenvalue weighted by atomic mass is 9.84. The van der Waals surface area contributed by atoms with Crippen LogP contribution in [0.2, 0.25) is 0 Å². The number of hydrogen-bond acceptors (Lipinski definition) is 6. The van der Waals surface area contributed by atoms with E-state index in [1.54, 1.807) is 11.1 Å². The molecular weight excluding hydrogens is 430 g/mol. The highest BCUT2D eigenvalue weighted by molar-refractivity contribution is 5.71. The summed E-state index contributed by atoms with van der Waals surface area (Å²) >= 11 is 0. The summed E-state index contributed by atoms with van der Waals surface area (Å²) in [6.07, 6.45) is 2.94. The average molecular weight is 467 g/mol. The Balaban J connectivity index is 1.62. The Kier molecular flexibility index (Phi) is 7.43. The van der Waals surface area contributed by atoms with Gasteiger partial charge in [0.25, 0.3) is 6.43 Å². The first kappa shape index (κ1) is 25.1. The lowest BCUT2D eigenvalue weighted by Crippen LogP contribution is -2.46. The van der Waals surface area contributed by atoms with Gasteiger partial charge in [-0.05, 0) is 44.4 Å². The second-order valence-corrected chi connectivity index (χ2v) is 10.9. The Hall–Kier alpha value is -2.52. The van der Waals surface area contributed by atoms with Gasteiger partial charge in [0.2, 0.25) is 0 Å². The van der Waals surface area contributed by atoms with Crippen LogP contribution in [0.15, 0.2) is 12.4 Å². The summed E-state index contributed by atoms with van der Waals surface area (Å²) in [5.41, 5.74) is 0.349. The van der Waals surface area contributed by atoms with Crippen molar-refractivity contribution in [2.75, 3.05) is 31.6 Å². The fourth-order valence-corrected chi connectivity index (χ4v) is 4.76. The van der Waals surface area contributed by atoms with Crippen LogP contribution in [-0.2, 0) is 11.3 Å². The number of rotatable bonds is 7. The second kappa shape index (κ2) is 9.77. The van der Waals surface area contributed by atoms with Crippen molar-refractivity contribution >= 4 is 23.1 Å². The predicted octanol–water partition coefficient (Wildman–Crippen LogP) is 4.59. The van der Waals surface area contributed by atoms with E-state index < -0.39 is 18.6 Å². The molecular formula is C23H36F2N6O2. The summed E-state index contributed by atoms with van der Waals surface area (Å²) < 4.78 is 32.7. The van der Waals surface area contributed by atoms with Crippen LogP contribution in [0.5, 0.6) is 0 Å². The fourth-order valence-electron chi connectivity index (χ4n) is 4.76. The summed E-state index contributed by atoms with van der Waals surface area (Å²) in [6.45, 7) is 11.8. The molecule has 184 valence electrons. The SMILES string of the molecule is CN(CC1CCCN(C(=O)OC(C)(C)CC(C)(C)C)C1)c1cnc2cnn(CC(F)F)c2n1. The number of carbonyl (C=O) groups excluding carboxylic acids is 1. The fraction of sp³-hybridized carbons (Fsp3) is 0.739. The van der Waals surface area contributed by atoms with E-state index in [2.05, 4.69) is 35.8 Å². The number of hydrogen-bond donors (Lipinski definition) is 0. The number of likely N-dealkylation sites (tertiary alicyclic amines) is 1. The molecule has 0 aliphatic carbocycles. The van der Waals surface area contributed by atoms with E-state index >= 15 is 0 Å². The molecule has 10 heteroatoms. The van der Waals surface area contributed by atoms with Gasteiger partial charge >= 0.3 is 6.09 Å². The largest absolute Gasteiger partial charge is 0.443 e. The molecule has 0 aromatic carbocycles. The molecule has 0 bridgehead atoms. The molecule has 3 heterocycles. The molecule has 1 amide bonds. The van der Waals surface area contributed by atoms with Crippen LogP contribution in [-0.4, -0.2) is 69.5 Å². The molecule has 0 radical (unpaired) electrons. The van der Waals surface area contributed by atoms with Gasteiger partial charge in [-0.3, -0.25) is 0 Å². The molecule has 1 aliphatic heterocycles. The van der Waals surface area contributed by atoms with E-state index in [0.29, 0.717) is 36.6 Å². The number of amides is 1. The van der Waals surface area contributed by atoms with E-state index in [0.717, 1.165) is 19.3 Å². The van der Waals surface area contributed by atoms with Gasteiger partial charge in [-0.1, -0.05) is 20.8 Å². The van der Waals surface area contributed by atoms with Gasteiger partial charge < -0.3 is 14.5 Å². The average Bonchev–Trinajstić information content (AvgIpc) is 3.07. The van der Waals surface area contributed by atoms with E-state index in [1.807, 2.05) is 25.8 Å². The maximum atomic E-state index is 12.8. The van der Waals surface area contributed by atoms with Crippen LogP contribution in [0.4, 0.5) is 19.4 Å². The minimum absolute atomic E-state index is 0.0593. The molecule has 1 aliphatic rings. The zero-order valence-electron chi connectivity index (χ0n) is 20.5. The van der Waals surface area contributed by atoms with Crippen LogP contribution in [0.25, 0.3) is 11.2 Å². The lowest BCUT2D eigenvalue weighted by molar-refractivity contribution is -0.0149. The van der Waals surface area contributed by atoms with E-state index in [9.17, 15) is 13.6 Å². The van der Waals surface area contributed by atoms with E-state index in [1.165, 1.54) is 10.9 Å². The monoisotopic (exact) mass is 466 g/mol. The predicted molar refractivity (Wildman–Crippen MR) is 124 cm³/mol. The standard InChI is InChI=1S/C23H36F2N6O2/c1-22(2,3)15-23(4,5)33-21(32)30-9-7-8-16(13-30)12-29(6)19-11-26-17-10-27-31(14-18(24)25)20(17)28-19/h10-11,16,18H,7-9,12-15H2,1-6H3. The summed E-state index contributed by atoms with van der Waals surface area (Å²) in [7, 11) is 1.90. The zero-order valence-corrected chi connectivity index (χ0v) is 20.5.